The van der Waals surface area contributed by atoms with Gasteiger partial charge in [0.15, 0.2) is 0 Å². The molecule has 0 aliphatic heterocycles. The molecule has 0 aliphatic carbocycles. The molecule has 1 unspecified atom stereocenters. The number of rotatable bonds is 23. The Bertz CT molecular complexity index is 328. The predicted octanol–water partition coefficient (Wildman–Crippen LogP) is 4.15. The number of aliphatic hydroxyl groups is 1. The molecule has 0 aromatic carbocycles. The first kappa shape index (κ1) is 27.3. The van der Waals surface area contributed by atoms with Crippen molar-refractivity contribution in [3.8, 4) is 0 Å². The highest BCUT2D eigenvalue weighted by Gasteiger charge is 2.08. The molecule has 0 amide bonds. The molecule has 0 spiro atoms. The van der Waals surface area contributed by atoms with Crippen LogP contribution < -0.4 is 5.32 Å². The first-order chi connectivity index (χ1) is 13.7. The largest absolute Gasteiger partial charge is 0.481 e. The quantitative estimate of drug-likeness (QED) is 0.222. The number of hydrogen-bond donors (Lipinski definition) is 3. The maximum atomic E-state index is 10.5. The van der Waals surface area contributed by atoms with Crippen LogP contribution in [0, 0.1) is 0 Å². The summed E-state index contributed by atoms with van der Waals surface area (Å²) in [5, 5.41) is 21.0. The first-order valence-corrected chi connectivity index (χ1v) is 11.4. The lowest BCUT2D eigenvalue weighted by Crippen LogP contribution is -2.32. The van der Waals surface area contributed by atoms with Crippen LogP contribution in [0.4, 0.5) is 0 Å². The summed E-state index contributed by atoms with van der Waals surface area (Å²) >= 11 is 0. The number of carboxylic acid groups (broad SMARTS) is 1. The van der Waals surface area contributed by atoms with Crippen molar-refractivity contribution in [2.24, 2.45) is 0 Å². The number of nitrogens with one attached hydrogen (secondary N) is 1. The van der Waals surface area contributed by atoms with Crippen LogP contribution in [-0.4, -0.2) is 61.8 Å². The van der Waals surface area contributed by atoms with Crippen LogP contribution in [0.15, 0.2) is 0 Å². The van der Waals surface area contributed by atoms with E-state index in [2.05, 4.69) is 12.2 Å². The standard InChI is InChI=1S/C22H45NO5/c1-2-3-4-5-6-7-8-9-10-11-15-23-21(13-18-28-20-16-24)12-17-27-19-14-22(25)26/h21,23-24H,2-20H2,1H3,(H,25,26). The van der Waals surface area contributed by atoms with E-state index < -0.39 is 5.97 Å². The van der Waals surface area contributed by atoms with E-state index in [1.165, 1.54) is 64.2 Å². The van der Waals surface area contributed by atoms with E-state index in [1.807, 2.05) is 0 Å². The first-order valence-electron chi connectivity index (χ1n) is 11.4. The van der Waals surface area contributed by atoms with Gasteiger partial charge in [-0.1, -0.05) is 64.7 Å². The highest BCUT2D eigenvalue weighted by molar-refractivity contribution is 5.66. The zero-order valence-electron chi connectivity index (χ0n) is 18.1. The second kappa shape index (κ2) is 22.6. The summed E-state index contributed by atoms with van der Waals surface area (Å²) < 4.78 is 10.8. The van der Waals surface area contributed by atoms with Crippen molar-refractivity contribution in [1.82, 2.24) is 5.32 Å². The van der Waals surface area contributed by atoms with Crippen LogP contribution in [0.25, 0.3) is 0 Å². The van der Waals surface area contributed by atoms with Gasteiger partial charge in [0, 0.05) is 19.3 Å². The monoisotopic (exact) mass is 403 g/mol. The maximum Gasteiger partial charge on any atom is 0.305 e. The molecule has 0 aliphatic rings. The Morgan fingerprint density at radius 1 is 0.821 bits per heavy atom. The van der Waals surface area contributed by atoms with Crippen LogP contribution in [-0.2, 0) is 14.3 Å². The van der Waals surface area contributed by atoms with E-state index in [1.54, 1.807) is 0 Å². The van der Waals surface area contributed by atoms with Gasteiger partial charge in [-0.25, -0.2) is 0 Å². The molecule has 1 atom stereocenters. The van der Waals surface area contributed by atoms with E-state index in [-0.39, 0.29) is 19.6 Å². The minimum Gasteiger partial charge on any atom is -0.481 e. The fraction of sp³-hybridized carbons (Fsp3) is 0.955. The molecule has 28 heavy (non-hydrogen) atoms. The number of aliphatic hydroxyl groups excluding tert-OH is 1. The minimum atomic E-state index is -0.826. The van der Waals surface area contributed by atoms with Crippen molar-refractivity contribution in [2.75, 3.05) is 39.6 Å². The molecule has 6 heteroatoms. The molecular formula is C22H45NO5. The summed E-state index contributed by atoms with van der Waals surface area (Å²) in [6, 6.07) is 0.307. The molecule has 3 N–H and O–H groups in total. The number of ether oxygens (including phenoxy) is 2. The summed E-state index contributed by atoms with van der Waals surface area (Å²) in [5.74, 6) is -0.826. The molecule has 0 bridgehead atoms. The Balaban J connectivity index is 3.68. The zero-order valence-corrected chi connectivity index (χ0v) is 18.1. The van der Waals surface area contributed by atoms with Crippen molar-refractivity contribution in [2.45, 2.75) is 96.4 Å². The second-order valence-corrected chi connectivity index (χ2v) is 7.50. The van der Waals surface area contributed by atoms with Crippen LogP contribution in [0.2, 0.25) is 0 Å². The molecule has 0 saturated carbocycles. The van der Waals surface area contributed by atoms with Crippen molar-refractivity contribution in [3.63, 3.8) is 0 Å². The number of hydrogen-bond acceptors (Lipinski definition) is 5. The number of aliphatic carboxylic acids is 1. The van der Waals surface area contributed by atoms with Gasteiger partial charge < -0.3 is 25.0 Å². The SMILES string of the molecule is CCCCCCCCCCCCNC(CCOCCO)CCOCCC(=O)O. The molecule has 0 fully saturated rings. The molecule has 0 radical (unpaired) electrons. The van der Waals surface area contributed by atoms with E-state index in [0.29, 0.717) is 25.9 Å². The Kier molecular flexibility index (Phi) is 22.0. The Labute approximate surface area is 172 Å². The lowest BCUT2D eigenvalue weighted by Gasteiger charge is -2.19. The van der Waals surface area contributed by atoms with Gasteiger partial charge in [0.05, 0.1) is 26.2 Å². The smallest absolute Gasteiger partial charge is 0.305 e. The normalized spacial score (nSPS) is 12.4. The highest BCUT2D eigenvalue weighted by Crippen LogP contribution is 2.10. The molecular weight excluding hydrogens is 358 g/mol. The molecule has 0 aromatic rings. The second-order valence-electron chi connectivity index (χ2n) is 7.50. The Morgan fingerprint density at radius 2 is 1.36 bits per heavy atom. The molecule has 0 heterocycles. The van der Waals surface area contributed by atoms with Crippen LogP contribution in [0.1, 0.15) is 90.4 Å². The molecule has 0 aromatic heterocycles. The average Bonchev–Trinajstić information content (AvgIpc) is 2.68. The summed E-state index contributed by atoms with van der Waals surface area (Å²) in [6.45, 7) is 5.12. The van der Waals surface area contributed by atoms with Gasteiger partial charge in [-0.2, -0.15) is 0 Å². The third-order valence-electron chi connectivity index (χ3n) is 4.88. The van der Waals surface area contributed by atoms with Gasteiger partial charge in [0.25, 0.3) is 0 Å². The molecule has 0 rings (SSSR count). The summed E-state index contributed by atoms with van der Waals surface area (Å²) in [7, 11) is 0. The molecule has 0 saturated heterocycles. The number of unbranched alkanes of at least 4 members (excludes halogenated alkanes) is 9. The van der Waals surface area contributed by atoms with E-state index >= 15 is 0 Å². The number of carbonyl (C=O) groups is 1. The summed E-state index contributed by atoms with van der Waals surface area (Å²) in [6.07, 6.45) is 15.1. The molecule has 6 nitrogen and oxygen atoms in total. The van der Waals surface area contributed by atoms with E-state index in [9.17, 15) is 4.79 Å². The van der Waals surface area contributed by atoms with Gasteiger partial charge in [-0.15, -0.1) is 0 Å². The molecule has 168 valence electrons. The van der Waals surface area contributed by atoms with Gasteiger partial charge >= 0.3 is 5.97 Å². The van der Waals surface area contributed by atoms with E-state index in [0.717, 1.165) is 19.4 Å². The highest BCUT2D eigenvalue weighted by atomic mass is 16.5. The third-order valence-corrected chi connectivity index (χ3v) is 4.88. The van der Waals surface area contributed by atoms with Crippen molar-refractivity contribution < 1.29 is 24.5 Å². The topological polar surface area (TPSA) is 88.0 Å². The Morgan fingerprint density at radius 3 is 1.89 bits per heavy atom. The minimum absolute atomic E-state index is 0.0506. The fourth-order valence-corrected chi connectivity index (χ4v) is 3.15. The fourth-order valence-electron chi connectivity index (χ4n) is 3.15. The Hall–Kier alpha value is -0.690. The van der Waals surface area contributed by atoms with Crippen molar-refractivity contribution >= 4 is 5.97 Å². The summed E-state index contributed by atoms with van der Waals surface area (Å²) in [5.41, 5.74) is 0. The summed E-state index contributed by atoms with van der Waals surface area (Å²) in [4.78, 5) is 10.5. The average molecular weight is 404 g/mol. The maximum absolute atomic E-state index is 10.5. The number of carboxylic acids is 1. The van der Waals surface area contributed by atoms with Gasteiger partial charge in [-0.3, -0.25) is 4.79 Å². The van der Waals surface area contributed by atoms with Gasteiger partial charge in [-0.05, 0) is 25.8 Å². The van der Waals surface area contributed by atoms with Crippen LogP contribution in [0.3, 0.4) is 0 Å². The van der Waals surface area contributed by atoms with Crippen molar-refractivity contribution in [1.29, 1.82) is 0 Å². The van der Waals surface area contributed by atoms with Crippen molar-refractivity contribution in [3.05, 3.63) is 0 Å². The van der Waals surface area contributed by atoms with E-state index in [4.69, 9.17) is 19.7 Å². The van der Waals surface area contributed by atoms with Gasteiger partial charge in [0.2, 0.25) is 0 Å². The lowest BCUT2D eigenvalue weighted by molar-refractivity contribution is -0.138. The van der Waals surface area contributed by atoms with Gasteiger partial charge in [0.1, 0.15) is 0 Å². The predicted molar refractivity (Wildman–Crippen MR) is 114 cm³/mol. The van der Waals surface area contributed by atoms with Crippen LogP contribution >= 0.6 is 0 Å². The third kappa shape index (κ3) is 21.6. The zero-order chi connectivity index (χ0) is 20.7. The lowest BCUT2D eigenvalue weighted by atomic mass is 10.1. The van der Waals surface area contributed by atoms with Crippen LogP contribution in [0.5, 0.6) is 0 Å².